The molecule has 0 saturated carbocycles. The topological polar surface area (TPSA) is 54.3 Å². The standard InChI is InChI=1S/C28H30FN5OS/c29-22-4-5-26-25(17-22)31-27(24-3-1-2-11-30-24)34(26)23-8-14-33(15-9-23)28(35)21-6-12-32(13-7-21)18-20-10-16-36-19-20/h1-5,10-11,16-17,19,21,23H,6-9,12-15,18H2. The first-order valence-corrected chi connectivity index (χ1v) is 13.7. The molecule has 2 saturated heterocycles. The molecule has 5 heterocycles. The first kappa shape index (κ1) is 23.3. The Labute approximate surface area is 214 Å². The summed E-state index contributed by atoms with van der Waals surface area (Å²) in [6.45, 7) is 4.42. The molecular formula is C28H30FN5OS. The molecule has 0 spiro atoms. The Morgan fingerprint density at radius 2 is 1.86 bits per heavy atom. The van der Waals surface area contributed by atoms with Crippen molar-refractivity contribution in [2.24, 2.45) is 5.92 Å². The number of rotatable bonds is 5. The van der Waals surface area contributed by atoms with Crippen LogP contribution in [0, 0.1) is 11.7 Å². The summed E-state index contributed by atoms with van der Waals surface area (Å²) in [6, 6.07) is 12.9. The molecule has 4 aromatic rings. The van der Waals surface area contributed by atoms with Crippen LogP contribution in [0.1, 0.15) is 37.3 Å². The van der Waals surface area contributed by atoms with Crippen molar-refractivity contribution in [2.75, 3.05) is 26.2 Å². The second kappa shape index (κ2) is 10.1. The highest BCUT2D eigenvalue weighted by Crippen LogP contribution is 2.34. The Hall–Kier alpha value is -3.10. The Morgan fingerprint density at radius 3 is 2.58 bits per heavy atom. The molecule has 6 rings (SSSR count). The molecule has 6 nitrogen and oxygen atoms in total. The lowest BCUT2D eigenvalue weighted by molar-refractivity contribution is -0.138. The number of carbonyl (C=O) groups is 1. The number of aromatic nitrogens is 3. The van der Waals surface area contributed by atoms with E-state index in [2.05, 4.69) is 36.2 Å². The van der Waals surface area contributed by atoms with E-state index < -0.39 is 0 Å². The smallest absolute Gasteiger partial charge is 0.225 e. The van der Waals surface area contributed by atoms with Crippen molar-refractivity contribution in [3.63, 3.8) is 0 Å². The lowest BCUT2D eigenvalue weighted by Crippen LogP contribution is -2.45. The summed E-state index contributed by atoms with van der Waals surface area (Å²) >= 11 is 1.74. The highest BCUT2D eigenvalue weighted by molar-refractivity contribution is 7.07. The van der Waals surface area contributed by atoms with Crippen LogP contribution < -0.4 is 0 Å². The van der Waals surface area contributed by atoms with Crippen molar-refractivity contribution in [2.45, 2.75) is 38.3 Å². The van der Waals surface area contributed by atoms with Gasteiger partial charge in [-0.3, -0.25) is 14.7 Å². The van der Waals surface area contributed by atoms with Crippen LogP contribution in [0.5, 0.6) is 0 Å². The Bertz CT molecular complexity index is 1320. The van der Waals surface area contributed by atoms with E-state index in [1.807, 2.05) is 24.3 Å². The van der Waals surface area contributed by atoms with Gasteiger partial charge in [0.2, 0.25) is 5.91 Å². The minimum absolute atomic E-state index is 0.126. The van der Waals surface area contributed by atoms with Crippen LogP contribution in [0.2, 0.25) is 0 Å². The molecule has 186 valence electrons. The van der Waals surface area contributed by atoms with Gasteiger partial charge in [0.25, 0.3) is 0 Å². The van der Waals surface area contributed by atoms with E-state index in [4.69, 9.17) is 4.98 Å². The molecule has 0 unspecified atom stereocenters. The summed E-state index contributed by atoms with van der Waals surface area (Å²) in [4.78, 5) is 27.1. The molecule has 3 aromatic heterocycles. The molecule has 2 aliphatic rings. The van der Waals surface area contributed by atoms with Gasteiger partial charge in [-0.25, -0.2) is 9.37 Å². The highest BCUT2D eigenvalue weighted by atomic mass is 32.1. The van der Waals surface area contributed by atoms with Crippen LogP contribution >= 0.6 is 11.3 Å². The van der Waals surface area contributed by atoms with Gasteiger partial charge >= 0.3 is 0 Å². The molecule has 0 atom stereocenters. The molecule has 0 aliphatic carbocycles. The number of hydrogen-bond acceptors (Lipinski definition) is 5. The number of nitrogens with zero attached hydrogens (tertiary/aromatic N) is 5. The second-order valence-electron chi connectivity index (χ2n) is 9.89. The van der Waals surface area contributed by atoms with Gasteiger partial charge in [0.15, 0.2) is 5.82 Å². The number of amides is 1. The molecule has 1 amide bonds. The zero-order chi connectivity index (χ0) is 24.5. The minimum Gasteiger partial charge on any atom is -0.342 e. The first-order chi connectivity index (χ1) is 17.7. The van der Waals surface area contributed by atoms with E-state index in [1.165, 1.54) is 17.7 Å². The third-order valence-electron chi connectivity index (χ3n) is 7.61. The molecule has 2 aliphatic heterocycles. The number of piperidine rings is 2. The molecule has 0 radical (unpaired) electrons. The minimum atomic E-state index is -0.290. The van der Waals surface area contributed by atoms with Gasteiger partial charge in [0.1, 0.15) is 11.5 Å². The monoisotopic (exact) mass is 503 g/mol. The average molecular weight is 504 g/mol. The van der Waals surface area contributed by atoms with Gasteiger partial charge in [-0.1, -0.05) is 6.07 Å². The fraction of sp³-hybridized carbons (Fsp3) is 0.393. The maximum Gasteiger partial charge on any atom is 0.225 e. The van der Waals surface area contributed by atoms with Crippen LogP contribution in [-0.4, -0.2) is 56.4 Å². The van der Waals surface area contributed by atoms with Crippen molar-refractivity contribution in [3.05, 3.63) is 70.8 Å². The Morgan fingerprint density at radius 1 is 1.03 bits per heavy atom. The number of fused-ring (bicyclic) bond motifs is 1. The highest BCUT2D eigenvalue weighted by Gasteiger charge is 2.32. The van der Waals surface area contributed by atoms with Crippen LogP contribution in [-0.2, 0) is 11.3 Å². The number of halogens is 1. The normalized spacial score (nSPS) is 18.2. The lowest BCUT2D eigenvalue weighted by Gasteiger charge is -2.38. The van der Waals surface area contributed by atoms with E-state index >= 15 is 0 Å². The molecular weight excluding hydrogens is 473 g/mol. The third kappa shape index (κ3) is 4.67. The van der Waals surface area contributed by atoms with E-state index in [1.54, 1.807) is 17.5 Å². The molecule has 1 aromatic carbocycles. The van der Waals surface area contributed by atoms with Crippen molar-refractivity contribution in [3.8, 4) is 11.5 Å². The first-order valence-electron chi connectivity index (χ1n) is 12.8. The van der Waals surface area contributed by atoms with Gasteiger partial charge in [-0.15, -0.1) is 0 Å². The van der Waals surface area contributed by atoms with E-state index in [0.29, 0.717) is 11.4 Å². The SMILES string of the molecule is O=C(C1CCN(Cc2ccsc2)CC1)N1CCC(n2c(-c3ccccn3)nc3cc(F)ccc32)CC1. The van der Waals surface area contributed by atoms with Crippen molar-refractivity contribution in [1.29, 1.82) is 0 Å². The predicted molar refractivity (Wildman–Crippen MR) is 140 cm³/mol. The van der Waals surface area contributed by atoms with Gasteiger partial charge in [0.05, 0.1) is 11.0 Å². The summed E-state index contributed by atoms with van der Waals surface area (Å²) in [7, 11) is 0. The number of carbonyl (C=O) groups excluding carboxylic acids is 1. The Kier molecular flexibility index (Phi) is 6.54. The van der Waals surface area contributed by atoms with Crippen molar-refractivity contribution in [1.82, 2.24) is 24.3 Å². The van der Waals surface area contributed by atoms with Crippen molar-refractivity contribution < 1.29 is 9.18 Å². The van der Waals surface area contributed by atoms with Crippen LogP contribution in [0.25, 0.3) is 22.6 Å². The Balaban J connectivity index is 1.13. The summed E-state index contributed by atoms with van der Waals surface area (Å²) in [5.74, 6) is 0.910. The molecule has 8 heteroatoms. The van der Waals surface area contributed by atoms with Crippen LogP contribution in [0.4, 0.5) is 4.39 Å². The quantitative estimate of drug-likeness (QED) is 0.367. The number of benzene rings is 1. The van der Waals surface area contributed by atoms with Gasteiger partial charge in [-0.05, 0) is 85.4 Å². The second-order valence-corrected chi connectivity index (χ2v) is 10.7. The van der Waals surface area contributed by atoms with Gasteiger partial charge < -0.3 is 9.47 Å². The average Bonchev–Trinajstić information content (AvgIpc) is 3.57. The molecule has 0 N–H and O–H groups in total. The van der Waals surface area contributed by atoms with Crippen LogP contribution in [0.15, 0.2) is 59.4 Å². The van der Waals surface area contributed by atoms with Crippen molar-refractivity contribution >= 4 is 28.3 Å². The fourth-order valence-corrected chi connectivity index (χ4v) is 6.36. The maximum absolute atomic E-state index is 13.9. The number of likely N-dealkylation sites (tertiary alicyclic amines) is 2. The number of pyridine rings is 1. The molecule has 2 fully saturated rings. The third-order valence-corrected chi connectivity index (χ3v) is 8.34. The number of hydrogen-bond donors (Lipinski definition) is 0. The summed E-state index contributed by atoms with van der Waals surface area (Å²) in [5, 5.41) is 4.33. The van der Waals surface area contributed by atoms with Crippen LogP contribution in [0.3, 0.4) is 0 Å². The fourth-order valence-electron chi connectivity index (χ4n) is 5.70. The van der Waals surface area contributed by atoms with E-state index in [-0.39, 0.29) is 17.8 Å². The van der Waals surface area contributed by atoms with E-state index in [9.17, 15) is 9.18 Å². The summed E-state index contributed by atoms with van der Waals surface area (Å²) in [5.41, 5.74) is 3.71. The zero-order valence-corrected chi connectivity index (χ0v) is 21.0. The predicted octanol–water partition coefficient (Wildman–Crippen LogP) is 5.37. The largest absolute Gasteiger partial charge is 0.342 e. The zero-order valence-electron chi connectivity index (χ0n) is 20.2. The van der Waals surface area contributed by atoms with Gasteiger partial charge in [-0.2, -0.15) is 11.3 Å². The molecule has 0 bridgehead atoms. The summed E-state index contributed by atoms with van der Waals surface area (Å²) < 4.78 is 16.2. The lowest BCUT2D eigenvalue weighted by atomic mass is 9.93. The van der Waals surface area contributed by atoms with E-state index in [0.717, 1.165) is 75.4 Å². The maximum atomic E-state index is 13.9. The van der Waals surface area contributed by atoms with Gasteiger partial charge in [0, 0.05) is 43.9 Å². The number of imidazole rings is 1. The molecule has 36 heavy (non-hydrogen) atoms. The summed E-state index contributed by atoms with van der Waals surface area (Å²) in [6.07, 6.45) is 5.33. The number of thiophene rings is 1.